The lowest BCUT2D eigenvalue weighted by atomic mass is 9.98. The molecule has 8 nitrogen and oxygen atoms in total. The van der Waals surface area contributed by atoms with Crippen LogP contribution in [0, 0.1) is 0 Å². The summed E-state index contributed by atoms with van der Waals surface area (Å²) >= 11 is 0. The number of fused-ring (bicyclic) bond motifs is 3. The lowest BCUT2D eigenvalue weighted by Crippen LogP contribution is -2.42. The number of rotatable bonds is 6. The van der Waals surface area contributed by atoms with E-state index < -0.39 is 30.1 Å². The van der Waals surface area contributed by atoms with Crippen LogP contribution in [-0.4, -0.2) is 64.9 Å². The molecule has 2 aromatic carbocycles. The first-order valence-electron chi connectivity index (χ1n) is 10.2. The van der Waals surface area contributed by atoms with Crippen molar-refractivity contribution >= 4 is 18.0 Å². The van der Waals surface area contributed by atoms with Gasteiger partial charge >= 0.3 is 12.1 Å². The highest BCUT2D eigenvalue weighted by molar-refractivity contribution is 5.85. The Hall–Kier alpha value is -3.39. The van der Waals surface area contributed by atoms with Crippen molar-refractivity contribution in [3.63, 3.8) is 0 Å². The predicted octanol–water partition coefficient (Wildman–Crippen LogP) is 1.96. The molecule has 3 N–H and O–H groups in total. The molecule has 0 bridgehead atoms. The molecule has 1 aliphatic carbocycles. The molecule has 4 rings (SSSR count). The van der Waals surface area contributed by atoms with E-state index in [1.807, 2.05) is 36.4 Å². The molecule has 0 radical (unpaired) electrons. The highest BCUT2D eigenvalue weighted by atomic mass is 16.5. The summed E-state index contributed by atoms with van der Waals surface area (Å²) in [4.78, 5) is 36.8. The van der Waals surface area contributed by atoms with Gasteiger partial charge in [0, 0.05) is 31.8 Å². The van der Waals surface area contributed by atoms with Gasteiger partial charge in [0.1, 0.15) is 12.6 Å². The average Bonchev–Trinajstić information content (AvgIpc) is 3.31. The summed E-state index contributed by atoms with van der Waals surface area (Å²) in [5.41, 5.74) is 4.50. The van der Waals surface area contributed by atoms with Gasteiger partial charge in [-0.25, -0.2) is 9.59 Å². The van der Waals surface area contributed by atoms with Crippen molar-refractivity contribution in [2.24, 2.45) is 0 Å². The Morgan fingerprint density at radius 2 is 1.65 bits per heavy atom. The van der Waals surface area contributed by atoms with E-state index in [4.69, 9.17) is 4.74 Å². The second-order valence-electron chi connectivity index (χ2n) is 7.79. The molecule has 2 aromatic rings. The number of hydrogen-bond acceptors (Lipinski definition) is 5. The number of carbonyl (C=O) groups excluding carboxylic acids is 2. The molecule has 31 heavy (non-hydrogen) atoms. The second kappa shape index (κ2) is 8.77. The van der Waals surface area contributed by atoms with Crippen molar-refractivity contribution in [2.45, 2.75) is 30.9 Å². The number of likely N-dealkylation sites (tertiary alicyclic amines) is 1. The molecule has 1 saturated heterocycles. The van der Waals surface area contributed by atoms with Crippen molar-refractivity contribution in [3.8, 4) is 11.1 Å². The number of nitrogens with zero attached hydrogens (tertiary/aromatic N) is 1. The smallest absolute Gasteiger partial charge is 0.407 e. The van der Waals surface area contributed by atoms with E-state index in [0.29, 0.717) is 0 Å². The predicted molar refractivity (Wildman–Crippen MR) is 111 cm³/mol. The molecule has 1 aliphatic heterocycles. The maximum atomic E-state index is 12.3. The molecular formula is C23H24N2O6. The van der Waals surface area contributed by atoms with Crippen LogP contribution in [0.1, 0.15) is 29.9 Å². The number of alkyl carbamates (subject to hydrolysis) is 1. The van der Waals surface area contributed by atoms with Gasteiger partial charge in [-0.2, -0.15) is 0 Å². The molecule has 2 atom stereocenters. The Morgan fingerprint density at radius 3 is 2.26 bits per heavy atom. The van der Waals surface area contributed by atoms with Gasteiger partial charge in [-0.15, -0.1) is 0 Å². The first-order chi connectivity index (χ1) is 15.0. The largest absolute Gasteiger partial charge is 0.480 e. The summed E-state index contributed by atoms with van der Waals surface area (Å²) < 4.78 is 5.41. The Balaban J connectivity index is 1.29. The van der Waals surface area contributed by atoms with Gasteiger partial charge in [0.2, 0.25) is 5.91 Å². The first-order valence-corrected chi connectivity index (χ1v) is 10.2. The van der Waals surface area contributed by atoms with Crippen LogP contribution >= 0.6 is 0 Å². The topological polar surface area (TPSA) is 116 Å². The maximum absolute atomic E-state index is 12.3. The summed E-state index contributed by atoms with van der Waals surface area (Å²) in [5.74, 6) is -1.63. The molecular weight excluding hydrogens is 400 g/mol. The van der Waals surface area contributed by atoms with Crippen LogP contribution < -0.4 is 5.32 Å². The zero-order valence-electron chi connectivity index (χ0n) is 16.9. The normalized spacial score (nSPS) is 19.6. The fourth-order valence-electron chi connectivity index (χ4n) is 4.39. The number of aliphatic hydroxyl groups excluding tert-OH is 1. The molecule has 1 heterocycles. The highest BCUT2D eigenvalue weighted by Gasteiger charge is 2.38. The quantitative estimate of drug-likeness (QED) is 0.653. The molecule has 0 spiro atoms. The SMILES string of the molecule is O=C(NCCC(=O)N1C[C@H](O)C[C@H]1C(=O)O)OCC1c2ccccc2-c2ccccc21. The number of carbonyl (C=O) groups is 3. The summed E-state index contributed by atoms with van der Waals surface area (Å²) in [6, 6.07) is 15.0. The summed E-state index contributed by atoms with van der Waals surface area (Å²) in [7, 11) is 0. The standard InChI is InChI=1S/C23H24N2O6/c26-14-11-20(22(28)29)25(12-14)21(27)9-10-24-23(30)31-13-19-17-7-3-1-5-15(17)16-6-2-4-8-18(16)19/h1-8,14,19-20,26H,9-13H2,(H,24,30)(H,28,29)/t14-,20+/m1/s1. The van der Waals surface area contributed by atoms with Gasteiger partial charge in [-0.1, -0.05) is 48.5 Å². The van der Waals surface area contributed by atoms with E-state index in [2.05, 4.69) is 17.4 Å². The minimum Gasteiger partial charge on any atom is -0.480 e. The van der Waals surface area contributed by atoms with E-state index in [9.17, 15) is 24.6 Å². The van der Waals surface area contributed by atoms with E-state index in [1.165, 1.54) is 0 Å². The van der Waals surface area contributed by atoms with Crippen LogP contribution in [0.3, 0.4) is 0 Å². The number of aliphatic hydroxyl groups is 1. The number of hydrogen-bond donors (Lipinski definition) is 3. The van der Waals surface area contributed by atoms with Crippen LogP contribution in [0.4, 0.5) is 4.79 Å². The summed E-state index contributed by atoms with van der Waals surface area (Å²) in [5, 5.41) is 21.4. The fraction of sp³-hybridized carbons (Fsp3) is 0.348. The first kappa shape index (κ1) is 20.9. The van der Waals surface area contributed by atoms with Gasteiger partial charge in [0.05, 0.1) is 6.10 Å². The minimum atomic E-state index is -1.14. The van der Waals surface area contributed by atoms with Crippen LogP contribution in [0.2, 0.25) is 0 Å². The number of nitrogens with one attached hydrogen (secondary N) is 1. The third-order valence-electron chi connectivity index (χ3n) is 5.84. The number of aliphatic carboxylic acids is 1. The van der Waals surface area contributed by atoms with Gasteiger partial charge in [0.15, 0.2) is 0 Å². The van der Waals surface area contributed by atoms with E-state index >= 15 is 0 Å². The highest BCUT2D eigenvalue weighted by Crippen LogP contribution is 2.44. The minimum absolute atomic E-state index is 0.0132. The number of ether oxygens (including phenoxy) is 1. The molecule has 2 amide bonds. The van der Waals surface area contributed by atoms with Crippen LogP contribution in [0.25, 0.3) is 11.1 Å². The van der Waals surface area contributed by atoms with Crippen molar-refractivity contribution in [2.75, 3.05) is 19.7 Å². The van der Waals surface area contributed by atoms with Gasteiger partial charge < -0.3 is 25.2 Å². The Labute approximate surface area is 179 Å². The third kappa shape index (κ3) is 4.25. The van der Waals surface area contributed by atoms with E-state index in [-0.39, 0.29) is 38.5 Å². The fourth-order valence-corrected chi connectivity index (χ4v) is 4.39. The molecule has 162 valence electrons. The average molecular weight is 424 g/mol. The molecule has 1 fully saturated rings. The number of amides is 2. The summed E-state index contributed by atoms with van der Waals surface area (Å²) in [6.07, 6.45) is -1.53. The monoisotopic (exact) mass is 424 g/mol. The number of β-amino-alcohol motifs (C(OH)–C–C–N with tert-alkyl or cyclic N) is 1. The van der Waals surface area contributed by atoms with Crippen LogP contribution in [0.15, 0.2) is 48.5 Å². The Bertz CT molecular complexity index is 962. The molecule has 8 heteroatoms. The summed E-state index contributed by atoms with van der Waals surface area (Å²) in [6.45, 7) is 0.183. The van der Waals surface area contributed by atoms with Gasteiger partial charge in [-0.3, -0.25) is 4.79 Å². The number of carboxylic acids is 1. The van der Waals surface area contributed by atoms with Gasteiger partial charge in [-0.05, 0) is 22.3 Å². The second-order valence-corrected chi connectivity index (χ2v) is 7.79. The number of carboxylic acid groups (broad SMARTS) is 1. The molecule has 0 unspecified atom stereocenters. The zero-order chi connectivity index (χ0) is 22.0. The number of benzene rings is 2. The van der Waals surface area contributed by atoms with Crippen molar-refractivity contribution in [1.82, 2.24) is 10.2 Å². The Morgan fingerprint density at radius 1 is 1.03 bits per heavy atom. The zero-order valence-corrected chi connectivity index (χ0v) is 16.9. The molecule has 0 saturated carbocycles. The lowest BCUT2D eigenvalue weighted by Gasteiger charge is -2.21. The van der Waals surface area contributed by atoms with Gasteiger partial charge in [0.25, 0.3) is 0 Å². The maximum Gasteiger partial charge on any atom is 0.407 e. The van der Waals surface area contributed by atoms with E-state index in [1.54, 1.807) is 0 Å². The lowest BCUT2D eigenvalue weighted by molar-refractivity contribution is -0.148. The molecule has 2 aliphatic rings. The van der Waals surface area contributed by atoms with Crippen molar-refractivity contribution < 1.29 is 29.3 Å². The van der Waals surface area contributed by atoms with Crippen molar-refractivity contribution in [1.29, 1.82) is 0 Å². The molecule has 0 aromatic heterocycles. The van der Waals surface area contributed by atoms with E-state index in [0.717, 1.165) is 27.2 Å². The van der Waals surface area contributed by atoms with Crippen LogP contribution in [-0.2, 0) is 14.3 Å². The van der Waals surface area contributed by atoms with Crippen molar-refractivity contribution in [3.05, 3.63) is 59.7 Å². The third-order valence-corrected chi connectivity index (χ3v) is 5.84. The Kier molecular flexibility index (Phi) is 5.90. The van der Waals surface area contributed by atoms with Crippen LogP contribution in [0.5, 0.6) is 0 Å².